The zero-order valence-corrected chi connectivity index (χ0v) is 12.7. The van der Waals surface area contributed by atoms with Crippen LogP contribution in [0.5, 0.6) is 0 Å². The monoisotopic (exact) mass is 303 g/mol. The van der Waals surface area contributed by atoms with Gasteiger partial charge in [0, 0.05) is 36.8 Å². The first kappa shape index (κ1) is 14.0. The van der Waals surface area contributed by atoms with Gasteiger partial charge in [-0.15, -0.1) is 0 Å². The third kappa shape index (κ3) is 2.14. The summed E-state index contributed by atoms with van der Waals surface area (Å²) in [7, 11) is 0. The third-order valence-corrected chi connectivity index (χ3v) is 4.66. The van der Waals surface area contributed by atoms with Crippen LogP contribution in [0.15, 0.2) is 61.2 Å². The number of hydrogen-bond acceptors (Lipinski definition) is 4. The molecule has 0 saturated heterocycles. The molecule has 4 heteroatoms. The standard InChI is InChI=1S/C19H17N3O/c23-12-7-19(13-14-5-10-20-11-6-14)15-3-1-8-21-17(15)18-16(19)4-2-9-22-18/h1-6,8-11,23H,7,12-13H2. The van der Waals surface area contributed by atoms with Crippen LogP contribution in [0.2, 0.25) is 0 Å². The van der Waals surface area contributed by atoms with Gasteiger partial charge in [-0.25, -0.2) is 0 Å². The molecule has 1 N–H and O–H groups in total. The van der Waals surface area contributed by atoms with Crippen molar-refractivity contribution >= 4 is 0 Å². The lowest BCUT2D eigenvalue weighted by Crippen LogP contribution is -2.29. The number of aliphatic hydroxyl groups excluding tert-OH is 1. The zero-order valence-electron chi connectivity index (χ0n) is 12.7. The lowest BCUT2D eigenvalue weighted by Gasteiger charge is -2.31. The number of aromatic nitrogens is 3. The van der Waals surface area contributed by atoms with Gasteiger partial charge in [0.15, 0.2) is 0 Å². The lowest BCUT2D eigenvalue weighted by atomic mass is 9.72. The number of fused-ring (bicyclic) bond motifs is 3. The molecule has 23 heavy (non-hydrogen) atoms. The molecule has 0 saturated carbocycles. The fourth-order valence-electron chi connectivity index (χ4n) is 3.69. The summed E-state index contributed by atoms with van der Waals surface area (Å²) in [5.74, 6) is 0. The molecule has 0 fully saturated rings. The number of aliphatic hydroxyl groups is 1. The van der Waals surface area contributed by atoms with Gasteiger partial charge < -0.3 is 5.11 Å². The molecule has 3 aromatic rings. The highest BCUT2D eigenvalue weighted by Gasteiger charge is 2.44. The highest BCUT2D eigenvalue weighted by Crippen LogP contribution is 2.50. The summed E-state index contributed by atoms with van der Waals surface area (Å²) in [6, 6.07) is 12.2. The predicted octanol–water partition coefficient (Wildman–Crippen LogP) is 2.76. The molecule has 0 aliphatic heterocycles. The van der Waals surface area contributed by atoms with Crippen molar-refractivity contribution < 1.29 is 5.11 Å². The van der Waals surface area contributed by atoms with Crippen LogP contribution in [0.3, 0.4) is 0 Å². The highest BCUT2D eigenvalue weighted by molar-refractivity contribution is 5.75. The second-order valence-corrected chi connectivity index (χ2v) is 5.89. The molecule has 0 atom stereocenters. The minimum atomic E-state index is -0.288. The molecule has 114 valence electrons. The molecule has 1 aliphatic carbocycles. The topological polar surface area (TPSA) is 58.9 Å². The Kier molecular flexibility index (Phi) is 3.39. The Balaban J connectivity index is 1.94. The van der Waals surface area contributed by atoms with E-state index in [1.54, 1.807) is 12.4 Å². The average Bonchev–Trinajstić information content (AvgIpc) is 2.88. The van der Waals surface area contributed by atoms with Crippen molar-refractivity contribution in [1.29, 1.82) is 0 Å². The van der Waals surface area contributed by atoms with Gasteiger partial charge in [0.05, 0.1) is 11.4 Å². The Morgan fingerprint density at radius 3 is 2.00 bits per heavy atom. The van der Waals surface area contributed by atoms with E-state index in [4.69, 9.17) is 0 Å². The van der Waals surface area contributed by atoms with Crippen molar-refractivity contribution in [1.82, 2.24) is 15.0 Å². The van der Waals surface area contributed by atoms with E-state index in [9.17, 15) is 5.11 Å². The Morgan fingerprint density at radius 2 is 1.43 bits per heavy atom. The van der Waals surface area contributed by atoms with Crippen molar-refractivity contribution in [2.45, 2.75) is 18.3 Å². The zero-order chi connectivity index (χ0) is 15.7. The minimum absolute atomic E-state index is 0.119. The Morgan fingerprint density at radius 1 is 0.826 bits per heavy atom. The Hall–Kier alpha value is -2.59. The van der Waals surface area contributed by atoms with Gasteiger partial charge >= 0.3 is 0 Å². The van der Waals surface area contributed by atoms with Crippen LogP contribution in [-0.2, 0) is 11.8 Å². The molecule has 0 bridgehead atoms. The summed E-state index contributed by atoms with van der Waals surface area (Å²) in [5, 5.41) is 9.77. The molecule has 4 nitrogen and oxygen atoms in total. The summed E-state index contributed by atoms with van der Waals surface area (Å²) >= 11 is 0. The number of nitrogens with zero attached hydrogens (tertiary/aromatic N) is 3. The SMILES string of the molecule is OCCC1(Cc2ccncc2)c2cccnc2-c2ncccc21. The van der Waals surface area contributed by atoms with E-state index in [1.165, 1.54) is 5.56 Å². The highest BCUT2D eigenvalue weighted by atomic mass is 16.3. The summed E-state index contributed by atoms with van der Waals surface area (Å²) in [5.41, 5.74) is 5.08. The molecule has 0 radical (unpaired) electrons. The maximum absolute atomic E-state index is 9.77. The van der Waals surface area contributed by atoms with Crippen LogP contribution in [0.4, 0.5) is 0 Å². The Labute approximate surface area is 134 Å². The molecular weight excluding hydrogens is 286 g/mol. The smallest absolute Gasteiger partial charge is 0.0930 e. The Bertz CT molecular complexity index is 787. The predicted molar refractivity (Wildman–Crippen MR) is 87.9 cm³/mol. The van der Waals surface area contributed by atoms with Crippen molar-refractivity contribution in [2.75, 3.05) is 6.61 Å². The van der Waals surface area contributed by atoms with E-state index >= 15 is 0 Å². The minimum Gasteiger partial charge on any atom is -0.396 e. The van der Waals surface area contributed by atoms with Gasteiger partial charge in [0.25, 0.3) is 0 Å². The summed E-state index contributed by atoms with van der Waals surface area (Å²) in [6.45, 7) is 0.119. The van der Waals surface area contributed by atoms with E-state index in [2.05, 4.69) is 27.1 Å². The quantitative estimate of drug-likeness (QED) is 0.805. The number of pyridine rings is 3. The van der Waals surface area contributed by atoms with E-state index in [-0.39, 0.29) is 12.0 Å². The van der Waals surface area contributed by atoms with Crippen molar-refractivity contribution in [2.24, 2.45) is 0 Å². The number of hydrogen-bond donors (Lipinski definition) is 1. The van der Waals surface area contributed by atoms with Crippen molar-refractivity contribution in [3.8, 4) is 11.4 Å². The van der Waals surface area contributed by atoms with Crippen LogP contribution in [0.25, 0.3) is 11.4 Å². The van der Waals surface area contributed by atoms with E-state index in [0.29, 0.717) is 6.42 Å². The first-order chi connectivity index (χ1) is 11.3. The average molecular weight is 303 g/mol. The van der Waals surface area contributed by atoms with Gasteiger partial charge in [-0.05, 0) is 53.8 Å². The second kappa shape index (κ2) is 5.56. The van der Waals surface area contributed by atoms with Crippen molar-refractivity contribution in [3.05, 3.63) is 77.9 Å². The van der Waals surface area contributed by atoms with Gasteiger partial charge in [-0.2, -0.15) is 0 Å². The molecule has 0 aromatic carbocycles. The molecule has 1 aliphatic rings. The van der Waals surface area contributed by atoms with Gasteiger partial charge in [0.2, 0.25) is 0 Å². The van der Waals surface area contributed by atoms with Gasteiger partial charge in [-0.1, -0.05) is 12.1 Å². The van der Waals surface area contributed by atoms with Gasteiger partial charge in [0.1, 0.15) is 0 Å². The second-order valence-electron chi connectivity index (χ2n) is 5.89. The molecular formula is C19H17N3O. The van der Waals surface area contributed by atoms with Crippen LogP contribution in [0, 0.1) is 0 Å². The summed E-state index contributed by atoms with van der Waals surface area (Å²) in [6.07, 6.45) is 8.67. The van der Waals surface area contributed by atoms with E-state index in [1.807, 2.05) is 36.7 Å². The maximum atomic E-state index is 9.77. The van der Waals surface area contributed by atoms with Crippen LogP contribution in [0.1, 0.15) is 23.1 Å². The molecule has 0 amide bonds. The third-order valence-electron chi connectivity index (χ3n) is 4.66. The van der Waals surface area contributed by atoms with E-state index < -0.39 is 0 Å². The lowest BCUT2D eigenvalue weighted by molar-refractivity contribution is 0.253. The molecule has 3 heterocycles. The molecule has 0 unspecified atom stereocenters. The number of rotatable bonds is 4. The molecule has 0 spiro atoms. The van der Waals surface area contributed by atoms with Crippen LogP contribution >= 0.6 is 0 Å². The van der Waals surface area contributed by atoms with Crippen LogP contribution in [-0.4, -0.2) is 26.7 Å². The first-order valence-corrected chi connectivity index (χ1v) is 7.76. The fourth-order valence-corrected chi connectivity index (χ4v) is 3.69. The maximum Gasteiger partial charge on any atom is 0.0930 e. The van der Waals surface area contributed by atoms with Crippen molar-refractivity contribution in [3.63, 3.8) is 0 Å². The van der Waals surface area contributed by atoms with Crippen LogP contribution < -0.4 is 0 Å². The molecule has 4 rings (SSSR count). The van der Waals surface area contributed by atoms with E-state index in [0.717, 1.165) is 28.9 Å². The molecule has 3 aromatic heterocycles. The first-order valence-electron chi connectivity index (χ1n) is 7.76. The normalized spacial score (nSPS) is 14.3. The largest absolute Gasteiger partial charge is 0.396 e. The summed E-state index contributed by atoms with van der Waals surface area (Å²) < 4.78 is 0. The summed E-state index contributed by atoms with van der Waals surface area (Å²) in [4.78, 5) is 13.2. The van der Waals surface area contributed by atoms with Gasteiger partial charge in [-0.3, -0.25) is 15.0 Å². The fraction of sp³-hybridized carbons (Fsp3) is 0.211.